The third-order valence-electron chi connectivity index (χ3n) is 11.2. The second-order valence-electron chi connectivity index (χ2n) is 12.0. The molecule has 0 aromatic heterocycles. The largest absolute Gasteiger partial charge is 0.0843 e. The maximum atomic E-state index is 6.52. The average Bonchev–Trinajstić information content (AvgIpc) is 3.48. The van der Waals surface area contributed by atoms with Crippen molar-refractivity contribution in [1.82, 2.24) is 0 Å². The van der Waals surface area contributed by atoms with E-state index in [-0.39, 0.29) is 5.41 Å². The molecule has 4 fully saturated rings. The maximum Gasteiger partial charge on any atom is 0.0412 e. The smallest absolute Gasteiger partial charge is 0.0412 e. The zero-order valence-electron chi connectivity index (χ0n) is 20.0. The van der Waals surface area contributed by atoms with Gasteiger partial charge in [-0.25, -0.2) is 0 Å². The van der Waals surface area contributed by atoms with Gasteiger partial charge in [-0.1, -0.05) is 83.9 Å². The molecular formula is C34H26Cl2. The van der Waals surface area contributed by atoms with Crippen LogP contribution in [0.4, 0.5) is 0 Å². The van der Waals surface area contributed by atoms with Gasteiger partial charge in [-0.3, -0.25) is 0 Å². The van der Waals surface area contributed by atoms with E-state index in [0.29, 0.717) is 5.41 Å². The summed E-state index contributed by atoms with van der Waals surface area (Å²) < 4.78 is 0. The van der Waals surface area contributed by atoms with Crippen molar-refractivity contribution in [2.45, 2.75) is 31.1 Å². The summed E-state index contributed by atoms with van der Waals surface area (Å²) >= 11 is 13.0. The Kier molecular flexibility index (Phi) is 3.79. The van der Waals surface area contributed by atoms with Gasteiger partial charge < -0.3 is 0 Å². The lowest BCUT2D eigenvalue weighted by Crippen LogP contribution is -2.65. The fourth-order valence-corrected chi connectivity index (χ4v) is 10.5. The van der Waals surface area contributed by atoms with E-state index < -0.39 is 0 Å². The highest BCUT2D eigenvalue weighted by Gasteiger charge is 2.82. The highest BCUT2D eigenvalue weighted by Crippen LogP contribution is 2.88. The molecule has 5 atom stereocenters. The summed E-state index contributed by atoms with van der Waals surface area (Å²) in [7, 11) is 0. The first-order chi connectivity index (χ1) is 17.6. The molecule has 4 aromatic rings. The number of halogens is 2. The van der Waals surface area contributed by atoms with Gasteiger partial charge in [-0.05, 0) is 124 Å². The van der Waals surface area contributed by atoms with Crippen molar-refractivity contribution in [3.63, 3.8) is 0 Å². The van der Waals surface area contributed by atoms with Crippen molar-refractivity contribution in [1.29, 1.82) is 0 Å². The standard InChI is InChI=1S/C34H26Cl2/c35-24-7-1-5-19(13-24)26-9-3-11-28-31(26)32-27(20-6-2-8-25(36)14-20)10-4-12-29(32)34(28)23-16-21-15-22-17-30(34)33(21,22)18-23/h1-14,21-23,30H,15-18H2. The SMILES string of the molecule is Clc1cccc(-c2cccc3c2-c2c(-c4cccc(Cl)c4)cccc2C32C3CC4CC5CC2C45C3)c1. The lowest BCUT2D eigenvalue weighted by atomic mass is 9.34. The Morgan fingerprint density at radius 1 is 0.583 bits per heavy atom. The molecule has 36 heavy (non-hydrogen) atoms. The first kappa shape index (κ1) is 20.5. The molecule has 4 saturated carbocycles. The Morgan fingerprint density at radius 2 is 1.11 bits per heavy atom. The minimum absolute atomic E-state index is 0.154. The summed E-state index contributed by atoms with van der Waals surface area (Å²) in [4.78, 5) is 0. The van der Waals surface area contributed by atoms with Gasteiger partial charge in [-0.15, -0.1) is 0 Å². The van der Waals surface area contributed by atoms with Gasteiger partial charge in [-0.2, -0.15) is 0 Å². The third kappa shape index (κ3) is 2.15. The first-order valence-electron chi connectivity index (χ1n) is 13.4. The highest BCUT2D eigenvalue weighted by molar-refractivity contribution is 6.31. The summed E-state index contributed by atoms with van der Waals surface area (Å²) in [6, 6.07) is 31.0. The van der Waals surface area contributed by atoms with Gasteiger partial charge in [0, 0.05) is 15.5 Å². The van der Waals surface area contributed by atoms with Crippen LogP contribution in [0.25, 0.3) is 33.4 Å². The summed E-state index contributed by atoms with van der Waals surface area (Å²) in [5.41, 5.74) is 11.9. The van der Waals surface area contributed by atoms with Gasteiger partial charge >= 0.3 is 0 Å². The molecule has 5 aliphatic carbocycles. The van der Waals surface area contributed by atoms with Crippen LogP contribution in [0.3, 0.4) is 0 Å². The fraction of sp³-hybridized carbons (Fsp3) is 0.294. The van der Waals surface area contributed by atoms with Crippen LogP contribution in [-0.2, 0) is 5.41 Å². The second-order valence-corrected chi connectivity index (χ2v) is 12.9. The normalized spacial score (nSPS) is 30.9. The molecule has 2 heteroatoms. The molecule has 0 amide bonds. The molecule has 2 spiro atoms. The Bertz CT molecular complexity index is 1520. The lowest BCUT2D eigenvalue weighted by molar-refractivity contribution is -0.193. The monoisotopic (exact) mass is 504 g/mol. The zero-order valence-corrected chi connectivity index (χ0v) is 21.5. The van der Waals surface area contributed by atoms with Crippen LogP contribution in [0.1, 0.15) is 36.8 Å². The molecule has 0 aliphatic heterocycles. The average molecular weight is 505 g/mol. The number of rotatable bonds is 2. The molecule has 4 aromatic carbocycles. The van der Waals surface area contributed by atoms with Crippen molar-refractivity contribution in [3.8, 4) is 33.4 Å². The number of fused-ring (bicyclic) bond motifs is 8. The molecule has 5 aliphatic rings. The van der Waals surface area contributed by atoms with E-state index in [1.165, 1.54) is 59.1 Å². The lowest BCUT2D eigenvalue weighted by Gasteiger charge is -2.70. The Labute approximate surface area is 222 Å². The molecular weight excluding hydrogens is 479 g/mol. The Hall–Kier alpha value is -2.54. The topological polar surface area (TPSA) is 0 Å². The van der Waals surface area contributed by atoms with Crippen molar-refractivity contribution in [3.05, 3.63) is 106 Å². The predicted octanol–water partition coefficient (Wildman–Crippen LogP) is 9.66. The highest BCUT2D eigenvalue weighted by atomic mass is 35.5. The van der Waals surface area contributed by atoms with Gasteiger partial charge in [0.05, 0.1) is 0 Å². The van der Waals surface area contributed by atoms with E-state index in [0.717, 1.165) is 33.7 Å². The maximum absolute atomic E-state index is 6.52. The van der Waals surface area contributed by atoms with Gasteiger partial charge in [0.15, 0.2) is 0 Å². The minimum atomic E-state index is 0.154. The minimum Gasteiger partial charge on any atom is -0.0843 e. The molecule has 5 unspecified atom stereocenters. The molecule has 176 valence electrons. The van der Waals surface area contributed by atoms with Crippen molar-refractivity contribution < 1.29 is 0 Å². The molecule has 0 radical (unpaired) electrons. The van der Waals surface area contributed by atoms with E-state index in [9.17, 15) is 0 Å². The van der Waals surface area contributed by atoms with Crippen LogP contribution in [-0.4, -0.2) is 0 Å². The number of hydrogen-bond acceptors (Lipinski definition) is 0. The van der Waals surface area contributed by atoms with Crippen LogP contribution < -0.4 is 0 Å². The van der Waals surface area contributed by atoms with Crippen LogP contribution >= 0.6 is 23.2 Å². The molecule has 2 bridgehead atoms. The van der Waals surface area contributed by atoms with E-state index in [4.69, 9.17) is 23.2 Å². The Morgan fingerprint density at radius 3 is 1.64 bits per heavy atom. The first-order valence-corrected chi connectivity index (χ1v) is 14.2. The van der Waals surface area contributed by atoms with Gasteiger partial charge in [0.2, 0.25) is 0 Å². The fourth-order valence-electron chi connectivity index (χ4n) is 10.2. The van der Waals surface area contributed by atoms with Crippen molar-refractivity contribution in [2.24, 2.45) is 29.1 Å². The summed E-state index contributed by atoms with van der Waals surface area (Å²) in [5, 5.41) is 1.58. The van der Waals surface area contributed by atoms with E-state index >= 15 is 0 Å². The van der Waals surface area contributed by atoms with Crippen LogP contribution in [0.5, 0.6) is 0 Å². The molecule has 0 N–H and O–H groups in total. The number of hydrogen-bond donors (Lipinski definition) is 0. The number of benzene rings is 4. The molecule has 0 nitrogen and oxygen atoms in total. The third-order valence-corrected chi connectivity index (χ3v) is 11.6. The van der Waals surface area contributed by atoms with E-state index in [2.05, 4.69) is 72.8 Å². The molecule has 0 heterocycles. The summed E-state index contributed by atoms with van der Waals surface area (Å²) in [6.45, 7) is 0. The summed E-state index contributed by atoms with van der Waals surface area (Å²) in [5.74, 6) is 3.51. The summed E-state index contributed by atoms with van der Waals surface area (Å²) in [6.07, 6.45) is 5.76. The molecule has 0 saturated heterocycles. The van der Waals surface area contributed by atoms with Crippen LogP contribution in [0.2, 0.25) is 10.0 Å². The van der Waals surface area contributed by atoms with Crippen LogP contribution in [0, 0.1) is 29.1 Å². The quantitative estimate of drug-likeness (QED) is 0.254. The second kappa shape index (κ2) is 6.66. The predicted molar refractivity (Wildman–Crippen MR) is 148 cm³/mol. The van der Waals surface area contributed by atoms with E-state index in [1.54, 1.807) is 11.1 Å². The van der Waals surface area contributed by atoms with Crippen molar-refractivity contribution >= 4 is 23.2 Å². The van der Waals surface area contributed by atoms with Gasteiger partial charge in [0.1, 0.15) is 0 Å². The molecule has 9 rings (SSSR count). The zero-order chi connectivity index (χ0) is 23.8. The van der Waals surface area contributed by atoms with Crippen LogP contribution in [0.15, 0.2) is 84.9 Å². The Balaban J connectivity index is 1.39. The van der Waals surface area contributed by atoms with Crippen molar-refractivity contribution in [2.75, 3.05) is 0 Å². The van der Waals surface area contributed by atoms with Gasteiger partial charge in [0.25, 0.3) is 0 Å². The van der Waals surface area contributed by atoms with E-state index in [1.807, 2.05) is 12.1 Å².